The average Bonchev–Trinajstić information content (AvgIpc) is 2.32. The lowest BCUT2D eigenvalue weighted by molar-refractivity contribution is -0.133. The molecule has 1 N–H and O–H groups in total. The van der Waals surface area contributed by atoms with Gasteiger partial charge in [0.2, 0.25) is 5.91 Å². The predicted octanol–water partition coefficient (Wildman–Crippen LogP) is 2.23. The van der Waals surface area contributed by atoms with E-state index in [9.17, 15) is 4.79 Å². The lowest BCUT2D eigenvalue weighted by Gasteiger charge is -2.34. The third-order valence-electron chi connectivity index (χ3n) is 3.12. The van der Waals surface area contributed by atoms with E-state index in [1.165, 1.54) is 0 Å². The smallest absolute Gasteiger partial charge is 0.227 e. The van der Waals surface area contributed by atoms with Crippen LogP contribution < -0.4 is 5.32 Å². The van der Waals surface area contributed by atoms with E-state index in [1.54, 1.807) is 0 Å². The van der Waals surface area contributed by atoms with Crippen molar-refractivity contribution in [1.29, 1.82) is 0 Å². The number of hydrogen-bond acceptors (Lipinski definition) is 2. The molecule has 0 aliphatic carbocycles. The van der Waals surface area contributed by atoms with Crippen LogP contribution in [-0.2, 0) is 11.2 Å². The number of piperazine rings is 1. The first-order chi connectivity index (χ1) is 8.18. The molecule has 1 atom stereocenters. The molecule has 0 aromatic heterocycles. The number of rotatable bonds is 2. The Morgan fingerprint density at radius 1 is 1.50 bits per heavy atom. The summed E-state index contributed by atoms with van der Waals surface area (Å²) in [7, 11) is 0. The van der Waals surface area contributed by atoms with Gasteiger partial charge in [-0.25, -0.2) is 0 Å². The Bertz CT molecular complexity index is 414. The van der Waals surface area contributed by atoms with Crippen LogP contribution in [0.5, 0.6) is 0 Å². The molecule has 0 unspecified atom stereocenters. The van der Waals surface area contributed by atoms with E-state index in [1.807, 2.05) is 29.2 Å². The summed E-state index contributed by atoms with van der Waals surface area (Å²) in [6.07, 6.45) is 0.478. The third-order valence-corrected chi connectivity index (χ3v) is 3.89. The average molecular weight is 334 g/mol. The van der Waals surface area contributed by atoms with Gasteiger partial charge in [0.25, 0.3) is 0 Å². The molecular formula is C13H18BrClN2O. The first-order valence-electron chi connectivity index (χ1n) is 5.92. The molecule has 100 valence electrons. The molecular weight excluding hydrogens is 316 g/mol. The lowest BCUT2D eigenvalue weighted by atomic mass is 10.1. The number of hydrogen-bond donors (Lipinski definition) is 1. The van der Waals surface area contributed by atoms with Crippen LogP contribution in [0.2, 0.25) is 0 Å². The molecule has 1 aliphatic rings. The Labute approximate surface area is 122 Å². The van der Waals surface area contributed by atoms with Gasteiger partial charge in [-0.3, -0.25) is 4.79 Å². The Morgan fingerprint density at radius 3 is 2.89 bits per heavy atom. The number of nitrogens with one attached hydrogen (secondary N) is 1. The second-order valence-electron chi connectivity index (χ2n) is 4.41. The van der Waals surface area contributed by atoms with Gasteiger partial charge in [-0.15, -0.1) is 12.4 Å². The Balaban J connectivity index is 0.00000162. The second-order valence-corrected chi connectivity index (χ2v) is 5.26. The largest absolute Gasteiger partial charge is 0.337 e. The van der Waals surface area contributed by atoms with E-state index in [4.69, 9.17) is 0 Å². The number of halogens is 2. The number of amides is 1. The van der Waals surface area contributed by atoms with Gasteiger partial charge >= 0.3 is 0 Å². The highest BCUT2D eigenvalue weighted by Gasteiger charge is 2.23. The van der Waals surface area contributed by atoms with E-state index in [0.29, 0.717) is 12.5 Å². The van der Waals surface area contributed by atoms with Crippen molar-refractivity contribution in [2.75, 3.05) is 19.6 Å². The standard InChI is InChI=1S/C13H17BrN2O.ClH/c1-10-9-15-6-7-16(10)13(17)8-11-4-2-3-5-12(11)14;/h2-5,10,15H,6-9H2,1H3;1H/t10-;/m0./s1. The summed E-state index contributed by atoms with van der Waals surface area (Å²) in [5.74, 6) is 0.214. The molecule has 0 bridgehead atoms. The molecule has 1 aliphatic heterocycles. The van der Waals surface area contributed by atoms with Crippen LogP contribution in [0.15, 0.2) is 28.7 Å². The number of carbonyl (C=O) groups is 1. The molecule has 1 aromatic rings. The molecule has 2 rings (SSSR count). The fourth-order valence-corrected chi connectivity index (χ4v) is 2.54. The highest BCUT2D eigenvalue weighted by atomic mass is 79.9. The van der Waals surface area contributed by atoms with Crippen LogP contribution in [0.3, 0.4) is 0 Å². The van der Waals surface area contributed by atoms with E-state index in [2.05, 4.69) is 28.2 Å². The summed E-state index contributed by atoms with van der Waals surface area (Å²) in [5, 5.41) is 3.29. The van der Waals surface area contributed by atoms with Crippen molar-refractivity contribution in [1.82, 2.24) is 10.2 Å². The maximum atomic E-state index is 12.2. The van der Waals surface area contributed by atoms with Crippen LogP contribution >= 0.6 is 28.3 Å². The Kier molecular flexibility index (Phi) is 6.12. The fraction of sp³-hybridized carbons (Fsp3) is 0.462. The van der Waals surface area contributed by atoms with Crippen molar-refractivity contribution in [2.45, 2.75) is 19.4 Å². The molecule has 0 radical (unpaired) electrons. The predicted molar refractivity (Wildman–Crippen MR) is 79.1 cm³/mol. The fourth-order valence-electron chi connectivity index (χ4n) is 2.12. The first-order valence-corrected chi connectivity index (χ1v) is 6.71. The van der Waals surface area contributed by atoms with Gasteiger partial charge in [0.15, 0.2) is 0 Å². The molecule has 1 fully saturated rings. The van der Waals surface area contributed by atoms with Crippen LogP contribution in [0.1, 0.15) is 12.5 Å². The second kappa shape index (κ2) is 7.12. The quantitative estimate of drug-likeness (QED) is 0.900. The van der Waals surface area contributed by atoms with Gasteiger partial charge in [-0.1, -0.05) is 34.1 Å². The minimum Gasteiger partial charge on any atom is -0.337 e. The van der Waals surface area contributed by atoms with Gasteiger partial charge in [-0.05, 0) is 18.6 Å². The summed E-state index contributed by atoms with van der Waals surface area (Å²) >= 11 is 3.48. The molecule has 5 heteroatoms. The van der Waals surface area contributed by atoms with Crippen molar-refractivity contribution in [3.63, 3.8) is 0 Å². The molecule has 18 heavy (non-hydrogen) atoms. The minimum atomic E-state index is 0. The van der Waals surface area contributed by atoms with Gasteiger partial charge in [-0.2, -0.15) is 0 Å². The first kappa shape index (κ1) is 15.5. The van der Waals surface area contributed by atoms with Crippen LogP contribution in [0, 0.1) is 0 Å². The van der Waals surface area contributed by atoms with Gasteiger partial charge in [0, 0.05) is 30.1 Å². The lowest BCUT2D eigenvalue weighted by Crippen LogP contribution is -2.52. The highest BCUT2D eigenvalue weighted by Crippen LogP contribution is 2.17. The zero-order valence-electron chi connectivity index (χ0n) is 10.4. The Hall–Kier alpha value is -0.580. The van der Waals surface area contributed by atoms with Crippen molar-refractivity contribution in [3.8, 4) is 0 Å². The zero-order chi connectivity index (χ0) is 12.3. The molecule has 1 saturated heterocycles. The summed E-state index contributed by atoms with van der Waals surface area (Å²) in [6.45, 7) is 4.68. The summed E-state index contributed by atoms with van der Waals surface area (Å²) in [4.78, 5) is 14.2. The zero-order valence-corrected chi connectivity index (χ0v) is 12.8. The van der Waals surface area contributed by atoms with Gasteiger partial charge in [0.05, 0.1) is 6.42 Å². The Morgan fingerprint density at radius 2 is 2.22 bits per heavy atom. The number of benzene rings is 1. The van der Waals surface area contributed by atoms with Crippen molar-refractivity contribution in [2.24, 2.45) is 0 Å². The molecule has 1 heterocycles. The highest BCUT2D eigenvalue weighted by molar-refractivity contribution is 9.10. The monoisotopic (exact) mass is 332 g/mol. The maximum absolute atomic E-state index is 12.2. The van der Waals surface area contributed by atoms with E-state index < -0.39 is 0 Å². The topological polar surface area (TPSA) is 32.3 Å². The SMILES string of the molecule is C[C@H]1CNCCN1C(=O)Cc1ccccc1Br.Cl. The minimum absolute atomic E-state index is 0. The molecule has 0 spiro atoms. The summed E-state index contributed by atoms with van der Waals surface area (Å²) in [5.41, 5.74) is 1.06. The normalized spacial score (nSPS) is 19.2. The summed E-state index contributed by atoms with van der Waals surface area (Å²) < 4.78 is 1.01. The van der Waals surface area contributed by atoms with Crippen molar-refractivity contribution >= 4 is 34.2 Å². The van der Waals surface area contributed by atoms with Crippen LogP contribution in [-0.4, -0.2) is 36.5 Å². The molecule has 0 saturated carbocycles. The number of carbonyl (C=O) groups excluding carboxylic acids is 1. The van der Waals surface area contributed by atoms with Gasteiger partial charge in [0.1, 0.15) is 0 Å². The van der Waals surface area contributed by atoms with Gasteiger partial charge < -0.3 is 10.2 Å². The molecule has 1 aromatic carbocycles. The van der Waals surface area contributed by atoms with Crippen LogP contribution in [0.4, 0.5) is 0 Å². The maximum Gasteiger partial charge on any atom is 0.227 e. The van der Waals surface area contributed by atoms with Crippen LogP contribution in [0.25, 0.3) is 0 Å². The van der Waals surface area contributed by atoms with Crippen molar-refractivity contribution < 1.29 is 4.79 Å². The van der Waals surface area contributed by atoms with E-state index >= 15 is 0 Å². The molecule has 3 nitrogen and oxygen atoms in total. The number of nitrogens with zero attached hydrogens (tertiary/aromatic N) is 1. The van der Waals surface area contributed by atoms with Crippen molar-refractivity contribution in [3.05, 3.63) is 34.3 Å². The van der Waals surface area contributed by atoms with E-state index in [-0.39, 0.29) is 18.3 Å². The molecule has 1 amide bonds. The van der Waals surface area contributed by atoms with E-state index in [0.717, 1.165) is 29.7 Å². The summed E-state index contributed by atoms with van der Waals surface area (Å²) in [6, 6.07) is 8.19. The third kappa shape index (κ3) is 3.70.